The van der Waals surface area contributed by atoms with E-state index in [-0.39, 0.29) is 60.7 Å². The number of hydrogen-bond donors (Lipinski definition) is 1. The Bertz CT molecular complexity index is 1850. The molecule has 0 spiro atoms. The highest BCUT2D eigenvalue weighted by atomic mass is 19.1. The third-order valence-corrected chi connectivity index (χ3v) is 6.48. The Morgan fingerprint density at radius 3 is 1.52 bits per heavy atom. The second-order valence-corrected chi connectivity index (χ2v) is 13.1. The number of nitrogens with two attached hydrogens (primary N) is 1. The minimum absolute atomic E-state index is 0.0934. The summed E-state index contributed by atoms with van der Waals surface area (Å²) >= 11 is 0. The number of anilines is 2. The largest absolute Gasteiger partial charge is 0.461 e. The Morgan fingerprint density at radius 2 is 1.10 bits per heavy atom. The predicted octanol–water partition coefficient (Wildman–Crippen LogP) is 6.75. The van der Waals surface area contributed by atoms with Gasteiger partial charge >= 0.3 is 24.1 Å². The number of nitrogens with zero attached hydrogens (tertiary/aromatic N) is 5. The predicted molar refractivity (Wildman–Crippen MR) is 187 cm³/mol. The monoisotopic (exact) mass is 726 g/mol. The van der Waals surface area contributed by atoms with Crippen LogP contribution in [0.5, 0.6) is 0 Å². The molecule has 280 valence electrons. The minimum Gasteiger partial charge on any atom is -0.461 e. The van der Waals surface area contributed by atoms with Crippen molar-refractivity contribution in [1.82, 2.24) is 19.6 Å². The van der Waals surface area contributed by atoms with Crippen molar-refractivity contribution >= 4 is 35.8 Å². The van der Waals surface area contributed by atoms with Crippen LogP contribution >= 0.6 is 0 Å². The maximum atomic E-state index is 14.3. The van der Waals surface area contributed by atoms with E-state index < -0.39 is 41.1 Å². The van der Waals surface area contributed by atoms with E-state index in [1.54, 1.807) is 79.7 Å². The summed E-state index contributed by atoms with van der Waals surface area (Å²) in [6, 6.07) is 14.9. The number of imide groups is 1. The van der Waals surface area contributed by atoms with Crippen LogP contribution in [0.2, 0.25) is 0 Å². The molecule has 2 amide bonds. The number of carbonyl (C=O) groups excluding carboxylic acids is 4. The summed E-state index contributed by atoms with van der Waals surface area (Å²) in [5.41, 5.74) is 4.51. The van der Waals surface area contributed by atoms with Gasteiger partial charge in [-0.3, -0.25) is 0 Å². The maximum Gasteiger partial charge on any atom is 0.425 e. The van der Waals surface area contributed by atoms with Crippen molar-refractivity contribution in [2.45, 2.75) is 79.7 Å². The zero-order valence-electron chi connectivity index (χ0n) is 30.4. The van der Waals surface area contributed by atoms with Gasteiger partial charge in [-0.15, -0.1) is 0 Å². The number of ether oxygens (including phenoxy) is 4. The lowest BCUT2D eigenvalue weighted by Crippen LogP contribution is -2.44. The van der Waals surface area contributed by atoms with E-state index >= 15 is 0 Å². The van der Waals surface area contributed by atoms with E-state index in [2.05, 4.69) is 10.2 Å². The lowest BCUT2D eigenvalue weighted by molar-refractivity contribution is 0.0423. The first-order valence-corrected chi connectivity index (χ1v) is 16.3. The summed E-state index contributed by atoms with van der Waals surface area (Å²) in [7, 11) is 0. The Labute approximate surface area is 300 Å². The van der Waals surface area contributed by atoms with Gasteiger partial charge < -0.3 is 24.7 Å². The molecule has 0 aliphatic heterocycles. The molecule has 2 N–H and O–H groups in total. The summed E-state index contributed by atoms with van der Waals surface area (Å²) in [5.74, 6) is -2.01. The molecule has 0 atom stereocenters. The molecule has 14 nitrogen and oxygen atoms in total. The Balaban J connectivity index is 0.000000323. The molecule has 2 aromatic carbocycles. The second kappa shape index (κ2) is 17.4. The first-order chi connectivity index (χ1) is 24.3. The third kappa shape index (κ3) is 11.6. The second-order valence-electron chi connectivity index (χ2n) is 13.1. The van der Waals surface area contributed by atoms with Crippen molar-refractivity contribution in [1.29, 1.82) is 0 Å². The lowest BCUT2D eigenvalue weighted by Gasteiger charge is -2.28. The standard InChI is InChI=1S/C23H30FN3O6.C13H14FN3O2/c1-8-31-19(28)17-13-18(26(25-17)14-15-11-9-10-12-16(15)24)27(20(29)32-22(2,3)4)21(30)33-23(5,6)7;1-2-19-13(18)11-7-12(15)17(16-11)8-9-5-3-4-6-10(9)14/h9-13H,8,14H2,1-7H3;3-7H,2,8,15H2,1H3. The number of nitrogen functional groups attached to an aromatic ring is 1. The molecule has 0 bridgehead atoms. The highest BCUT2D eigenvalue weighted by molar-refractivity contribution is 6.09. The van der Waals surface area contributed by atoms with Gasteiger partial charge in [0.2, 0.25) is 0 Å². The van der Waals surface area contributed by atoms with Crippen molar-refractivity contribution in [2.75, 3.05) is 23.8 Å². The molecule has 2 aromatic heterocycles. The van der Waals surface area contributed by atoms with E-state index in [0.717, 1.165) is 4.68 Å². The maximum absolute atomic E-state index is 14.3. The van der Waals surface area contributed by atoms with E-state index in [4.69, 9.17) is 24.7 Å². The zero-order valence-corrected chi connectivity index (χ0v) is 30.4. The fourth-order valence-corrected chi connectivity index (χ4v) is 4.32. The van der Waals surface area contributed by atoms with Gasteiger partial charge in [-0.05, 0) is 67.5 Å². The number of aromatic nitrogens is 4. The normalized spacial score (nSPS) is 11.2. The fraction of sp³-hybridized carbons (Fsp3) is 0.389. The molecular formula is C36H44F2N6O8. The molecule has 0 saturated heterocycles. The van der Waals surface area contributed by atoms with Crippen LogP contribution in [0.1, 0.15) is 87.5 Å². The van der Waals surface area contributed by atoms with Crippen LogP contribution in [0.3, 0.4) is 0 Å². The van der Waals surface area contributed by atoms with E-state index in [1.165, 1.54) is 41.1 Å². The molecule has 0 aliphatic rings. The third-order valence-electron chi connectivity index (χ3n) is 6.48. The number of esters is 2. The van der Waals surface area contributed by atoms with Crippen molar-refractivity contribution < 1.29 is 46.9 Å². The van der Waals surface area contributed by atoms with Crippen LogP contribution < -0.4 is 10.6 Å². The SMILES string of the molecule is CCOC(=O)c1cc(N(C(=O)OC(C)(C)C)C(=O)OC(C)(C)C)n(Cc2ccccc2F)n1.CCOC(=O)c1cc(N)n(Cc2ccccc2F)n1. The topological polar surface area (TPSA) is 170 Å². The highest BCUT2D eigenvalue weighted by Gasteiger charge is 2.36. The number of rotatable bonds is 9. The van der Waals surface area contributed by atoms with Gasteiger partial charge in [0.25, 0.3) is 0 Å². The Kier molecular flexibility index (Phi) is 13.6. The molecule has 4 aromatic rings. The van der Waals surface area contributed by atoms with Crippen molar-refractivity contribution in [3.05, 3.63) is 94.8 Å². The lowest BCUT2D eigenvalue weighted by atomic mass is 10.2. The van der Waals surface area contributed by atoms with Crippen LogP contribution in [0, 0.1) is 11.6 Å². The van der Waals surface area contributed by atoms with Crippen LogP contribution in [-0.2, 0) is 32.0 Å². The summed E-state index contributed by atoms with van der Waals surface area (Å²) in [4.78, 5) is 50.5. The number of halogens is 2. The van der Waals surface area contributed by atoms with Gasteiger partial charge in [0.15, 0.2) is 11.4 Å². The van der Waals surface area contributed by atoms with Gasteiger partial charge in [-0.1, -0.05) is 36.4 Å². The summed E-state index contributed by atoms with van der Waals surface area (Å²) < 4.78 is 51.0. The molecule has 0 unspecified atom stereocenters. The molecule has 0 aliphatic carbocycles. The van der Waals surface area contributed by atoms with Crippen LogP contribution in [0.15, 0.2) is 60.7 Å². The highest BCUT2D eigenvalue weighted by Crippen LogP contribution is 2.25. The number of hydrogen-bond acceptors (Lipinski definition) is 11. The number of carbonyl (C=O) groups is 4. The smallest absolute Gasteiger partial charge is 0.425 e. The van der Waals surface area contributed by atoms with Gasteiger partial charge in [-0.25, -0.2) is 37.3 Å². The molecule has 0 saturated carbocycles. The summed E-state index contributed by atoms with van der Waals surface area (Å²) in [6.45, 7) is 13.5. The molecule has 0 radical (unpaired) electrons. The Hall–Kier alpha value is -5.80. The molecule has 0 fully saturated rings. The van der Waals surface area contributed by atoms with E-state index in [1.807, 2.05) is 0 Å². The first-order valence-electron chi connectivity index (χ1n) is 16.3. The molecule has 2 heterocycles. The van der Waals surface area contributed by atoms with Crippen LogP contribution in [0.4, 0.5) is 30.0 Å². The number of benzene rings is 2. The van der Waals surface area contributed by atoms with Gasteiger partial charge in [-0.2, -0.15) is 15.1 Å². The van der Waals surface area contributed by atoms with Crippen molar-refractivity contribution in [3.8, 4) is 0 Å². The fourth-order valence-electron chi connectivity index (χ4n) is 4.32. The number of amides is 2. The van der Waals surface area contributed by atoms with Gasteiger partial charge in [0, 0.05) is 23.3 Å². The average Bonchev–Trinajstić information content (AvgIpc) is 3.61. The molecule has 52 heavy (non-hydrogen) atoms. The van der Waals surface area contributed by atoms with E-state index in [0.29, 0.717) is 10.5 Å². The van der Waals surface area contributed by atoms with Crippen molar-refractivity contribution in [3.63, 3.8) is 0 Å². The molecule has 16 heteroatoms. The first kappa shape index (κ1) is 40.6. The van der Waals surface area contributed by atoms with E-state index in [9.17, 15) is 28.0 Å². The zero-order chi connectivity index (χ0) is 38.8. The quantitative estimate of drug-likeness (QED) is 0.143. The average molecular weight is 727 g/mol. The molecule has 4 rings (SSSR count). The molecular weight excluding hydrogens is 682 g/mol. The van der Waals surface area contributed by atoms with Gasteiger partial charge in [0.1, 0.15) is 34.5 Å². The summed E-state index contributed by atoms with van der Waals surface area (Å²) in [6.07, 6.45) is -2.08. The van der Waals surface area contributed by atoms with Crippen LogP contribution in [0.25, 0.3) is 0 Å². The Morgan fingerprint density at radius 1 is 0.692 bits per heavy atom. The summed E-state index contributed by atoms with van der Waals surface area (Å²) in [5, 5.41) is 8.18. The van der Waals surface area contributed by atoms with Crippen molar-refractivity contribution in [2.24, 2.45) is 0 Å². The minimum atomic E-state index is -1.04. The van der Waals surface area contributed by atoms with Crippen LogP contribution in [-0.4, -0.2) is 68.1 Å². The van der Waals surface area contributed by atoms with Gasteiger partial charge in [0.05, 0.1) is 26.3 Å².